The predicted molar refractivity (Wildman–Crippen MR) is 116 cm³/mol. The van der Waals surface area contributed by atoms with Gasteiger partial charge in [-0.3, -0.25) is 0 Å². The Morgan fingerprint density at radius 2 is 1.48 bits per heavy atom. The fraction of sp³-hybridized carbons (Fsp3) is 0.522. The fourth-order valence-corrected chi connectivity index (χ4v) is 17.8. The molecule has 0 fully saturated rings. The topological polar surface area (TPSA) is 12.9 Å². The first-order chi connectivity index (χ1) is 12.2. The second kappa shape index (κ2) is 11.0. The molecule has 0 atom stereocenters. The third-order valence-electron chi connectivity index (χ3n) is 5.33. The second-order valence-corrected chi connectivity index (χ2v) is 20.5. The Bertz CT molecular complexity index is 640. The first-order valence-corrected chi connectivity index (χ1v) is 18.0. The molecular weight excluding hydrogens is 409 g/mol. The maximum atomic E-state index is 4.64. The van der Waals surface area contributed by atoms with Gasteiger partial charge in [0.15, 0.2) is 0 Å². The van der Waals surface area contributed by atoms with E-state index in [-0.39, 0.29) is 0 Å². The molecule has 2 aromatic rings. The van der Waals surface area contributed by atoms with Crippen molar-refractivity contribution in [1.29, 1.82) is 0 Å². The zero-order valence-corrected chi connectivity index (χ0v) is 19.3. The number of aromatic nitrogens is 1. The van der Waals surface area contributed by atoms with Crippen molar-refractivity contribution in [3.63, 3.8) is 0 Å². The molecule has 25 heavy (non-hydrogen) atoms. The van der Waals surface area contributed by atoms with Gasteiger partial charge in [-0.1, -0.05) is 0 Å². The van der Waals surface area contributed by atoms with Gasteiger partial charge in [0.05, 0.1) is 0 Å². The summed E-state index contributed by atoms with van der Waals surface area (Å²) in [5, 5.41) is 1.25. The zero-order valence-electron chi connectivity index (χ0n) is 16.4. The summed E-state index contributed by atoms with van der Waals surface area (Å²) in [6.07, 6.45) is 12.7. The molecule has 0 spiro atoms. The van der Waals surface area contributed by atoms with Gasteiger partial charge in [0, 0.05) is 0 Å². The Morgan fingerprint density at radius 1 is 0.880 bits per heavy atom. The summed E-state index contributed by atoms with van der Waals surface area (Å²) < 4.78 is 7.33. The van der Waals surface area contributed by atoms with E-state index >= 15 is 0 Å². The summed E-state index contributed by atoms with van der Waals surface area (Å²) >= 11 is -2.18. The molecule has 2 heteroatoms. The monoisotopic (exact) mass is 445 g/mol. The van der Waals surface area contributed by atoms with Crippen molar-refractivity contribution >= 4 is 35.4 Å². The molecule has 0 amide bonds. The van der Waals surface area contributed by atoms with Gasteiger partial charge in [0.25, 0.3) is 0 Å². The van der Waals surface area contributed by atoms with Gasteiger partial charge in [0.2, 0.25) is 0 Å². The van der Waals surface area contributed by atoms with Crippen molar-refractivity contribution in [3.8, 4) is 0 Å². The van der Waals surface area contributed by atoms with Crippen LogP contribution in [0.2, 0.25) is 13.3 Å². The van der Waals surface area contributed by atoms with E-state index in [1.54, 1.807) is 0 Å². The maximum absolute atomic E-state index is 4.64. The van der Waals surface area contributed by atoms with Crippen LogP contribution in [-0.2, 0) is 0 Å². The van der Waals surface area contributed by atoms with Crippen LogP contribution in [0.5, 0.6) is 0 Å². The van der Waals surface area contributed by atoms with E-state index in [4.69, 9.17) is 0 Å². The van der Waals surface area contributed by atoms with E-state index in [2.05, 4.69) is 72.5 Å². The van der Waals surface area contributed by atoms with Crippen molar-refractivity contribution in [3.05, 3.63) is 46.2 Å². The number of benzene rings is 1. The van der Waals surface area contributed by atoms with E-state index in [9.17, 15) is 0 Å². The molecule has 2 rings (SSSR count). The molecule has 1 aromatic heterocycles. The summed E-state index contributed by atoms with van der Waals surface area (Å²) in [4.78, 5) is 4.64. The van der Waals surface area contributed by atoms with Crippen molar-refractivity contribution in [2.75, 3.05) is 0 Å². The number of pyridine rings is 1. The van der Waals surface area contributed by atoms with E-state index in [1.165, 1.54) is 62.8 Å². The molecule has 1 nitrogen and oxygen atoms in total. The normalized spacial score (nSPS) is 12.3. The number of hydrogen-bond donors (Lipinski definition) is 0. The number of para-hydroxylation sites is 1. The summed E-state index contributed by atoms with van der Waals surface area (Å²) in [7, 11) is 0. The van der Waals surface area contributed by atoms with Gasteiger partial charge in [-0.05, 0) is 0 Å². The van der Waals surface area contributed by atoms with Crippen LogP contribution in [0.15, 0.2) is 40.6 Å². The summed E-state index contributed by atoms with van der Waals surface area (Å²) in [6, 6.07) is 10.7. The molecular formula is C23H35NSn. The Balaban J connectivity index is 2.25. The molecule has 0 aliphatic rings. The van der Waals surface area contributed by atoms with Gasteiger partial charge in [-0.2, -0.15) is 0 Å². The average molecular weight is 444 g/mol. The average Bonchev–Trinajstić information content (AvgIpc) is 2.66. The van der Waals surface area contributed by atoms with Gasteiger partial charge in [-0.25, -0.2) is 0 Å². The number of fused-ring (bicyclic) bond motifs is 1. The Kier molecular flexibility index (Phi) is 9.01. The molecule has 0 saturated carbocycles. The third kappa shape index (κ3) is 6.43. The minimum atomic E-state index is -2.18. The molecule has 0 aliphatic heterocycles. The van der Waals surface area contributed by atoms with Crippen LogP contribution in [0.25, 0.3) is 17.0 Å². The second-order valence-electron chi connectivity index (χ2n) is 7.47. The van der Waals surface area contributed by atoms with Crippen molar-refractivity contribution in [2.45, 2.75) is 72.6 Å². The molecule has 0 saturated heterocycles. The Morgan fingerprint density at radius 3 is 2.08 bits per heavy atom. The number of hydrogen-bond acceptors (Lipinski definition) is 1. The quantitative estimate of drug-likeness (QED) is 0.325. The van der Waals surface area contributed by atoms with Crippen molar-refractivity contribution in [2.24, 2.45) is 0 Å². The molecule has 0 N–H and O–H groups in total. The Hall–Kier alpha value is -0.831. The van der Waals surface area contributed by atoms with Crippen LogP contribution >= 0.6 is 0 Å². The van der Waals surface area contributed by atoms with E-state index in [1.807, 2.05) is 0 Å². The van der Waals surface area contributed by atoms with Gasteiger partial charge in [0.1, 0.15) is 0 Å². The van der Waals surface area contributed by atoms with Gasteiger partial charge < -0.3 is 0 Å². The van der Waals surface area contributed by atoms with Crippen molar-refractivity contribution < 1.29 is 0 Å². The van der Waals surface area contributed by atoms with Crippen LogP contribution in [0, 0.1) is 0 Å². The number of rotatable bonds is 11. The van der Waals surface area contributed by atoms with Crippen LogP contribution in [-0.4, -0.2) is 23.4 Å². The van der Waals surface area contributed by atoms with Crippen LogP contribution in [0.4, 0.5) is 0 Å². The fourth-order valence-electron chi connectivity index (χ4n) is 3.66. The predicted octanol–water partition coefficient (Wildman–Crippen LogP) is 7.64. The van der Waals surface area contributed by atoms with Gasteiger partial charge >= 0.3 is 159 Å². The van der Waals surface area contributed by atoms with Crippen LogP contribution < -0.4 is 0 Å². The third-order valence-corrected chi connectivity index (χ3v) is 19.4. The zero-order chi connectivity index (χ0) is 18.0. The molecule has 0 radical (unpaired) electrons. The molecule has 1 aromatic carbocycles. The molecule has 0 bridgehead atoms. The SMILES string of the molecule is CCC[CH2][Sn](/[CH]=C\c1cnc2ccccc2c1)([CH2]CCC)[CH2]CCC. The summed E-state index contributed by atoms with van der Waals surface area (Å²) in [6.45, 7) is 7.02. The van der Waals surface area contributed by atoms with Gasteiger partial charge in [-0.15, -0.1) is 0 Å². The molecule has 0 unspecified atom stereocenters. The molecule has 1 heterocycles. The summed E-state index contributed by atoms with van der Waals surface area (Å²) in [5.41, 5.74) is 2.38. The number of nitrogens with zero attached hydrogens (tertiary/aromatic N) is 1. The number of unbranched alkanes of at least 4 members (excludes halogenated alkanes) is 3. The first-order valence-electron chi connectivity index (χ1n) is 10.3. The molecule has 136 valence electrons. The Labute approximate surface area is 158 Å². The summed E-state index contributed by atoms with van der Waals surface area (Å²) in [5.74, 6) is 0. The van der Waals surface area contributed by atoms with E-state index in [0.29, 0.717) is 0 Å². The van der Waals surface area contributed by atoms with E-state index in [0.717, 1.165) is 5.52 Å². The van der Waals surface area contributed by atoms with Crippen LogP contribution in [0.3, 0.4) is 0 Å². The first kappa shape index (κ1) is 20.5. The van der Waals surface area contributed by atoms with E-state index < -0.39 is 18.4 Å². The molecule has 0 aliphatic carbocycles. The van der Waals surface area contributed by atoms with Crippen molar-refractivity contribution in [1.82, 2.24) is 4.98 Å². The standard InChI is InChI=1S/C11H8N.3C4H9.Sn/c1-2-9-7-10-5-3-4-6-11(10)12-8-9;3*1-3-4-2;/h1-8H;3*1,3-4H2,2H3;. The van der Waals surface area contributed by atoms with Crippen LogP contribution in [0.1, 0.15) is 64.9 Å². The minimum absolute atomic E-state index is 1.09.